The molecular weight excluding hydrogens is 408 g/mol. The first-order chi connectivity index (χ1) is 13.4. The second kappa shape index (κ2) is 7.16. The van der Waals surface area contributed by atoms with E-state index in [0.717, 1.165) is 12.8 Å². The molecule has 2 aliphatic rings. The van der Waals surface area contributed by atoms with Gasteiger partial charge < -0.3 is 19.9 Å². The van der Waals surface area contributed by atoms with Crippen molar-refractivity contribution in [2.45, 2.75) is 17.7 Å². The van der Waals surface area contributed by atoms with Crippen molar-refractivity contribution in [3.63, 3.8) is 0 Å². The molecule has 0 aromatic heterocycles. The van der Waals surface area contributed by atoms with Crippen LogP contribution in [-0.4, -0.2) is 43.6 Å². The number of ether oxygens (including phenoxy) is 2. The van der Waals surface area contributed by atoms with Crippen molar-refractivity contribution in [2.24, 2.45) is 0 Å². The molecule has 8 nitrogen and oxygen atoms in total. The fraction of sp³-hybridized carbons (Fsp3) is 0.278. The second-order valence-electron chi connectivity index (χ2n) is 6.44. The van der Waals surface area contributed by atoms with Crippen LogP contribution in [0.15, 0.2) is 35.2 Å². The Morgan fingerprint density at radius 1 is 1.14 bits per heavy atom. The molecule has 2 aromatic carbocycles. The van der Waals surface area contributed by atoms with E-state index in [4.69, 9.17) is 21.1 Å². The number of phenols is 1. The lowest BCUT2D eigenvalue weighted by atomic mass is 10.1. The number of halogens is 1. The van der Waals surface area contributed by atoms with Crippen molar-refractivity contribution in [1.29, 1.82) is 0 Å². The summed E-state index contributed by atoms with van der Waals surface area (Å²) in [4.78, 5) is 12.6. The molecule has 2 aliphatic heterocycles. The lowest BCUT2D eigenvalue weighted by molar-refractivity contribution is 0.102. The molecule has 1 amide bonds. The van der Waals surface area contributed by atoms with Crippen molar-refractivity contribution in [3.05, 3.63) is 40.9 Å². The highest BCUT2D eigenvalue weighted by Gasteiger charge is 2.28. The number of benzene rings is 2. The molecule has 10 heteroatoms. The molecule has 1 fully saturated rings. The highest BCUT2D eigenvalue weighted by Crippen LogP contribution is 2.40. The Balaban J connectivity index is 1.61. The van der Waals surface area contributed by atoms with E-state index in [9.17, 15) is 18.3 Å². The molecule has 0 radical (unpaired) electrons. The first kappa shape index (κ1) is 18.9. The van der Waals surface area contributed by atoms with Crippen LogP contribution in [-0.2, 0) is 10.0 Å². The zero-order chi connectivity index (χ0) is 19.9. The van der Waals surface area contributed by atoms with Crippen LogP contribution in [0.1, 0.15) is 23.2 Å². The Hall–Kier alpha value is -2.49. The Labute approximate surface area is 166 Å². The minimum absolute atomic E-state index is 0.00576. The van der Waals surface area contributed by atoms with Gasteiger partial charge in [0.15, 0.2) is 11.5 Å². The van der Waals surface area contributed by atoms with Crippen LogP contribution in [0.2, 0.25) is 5.02 Å². The van der Waals surface area contributed by atoms with Crippen LogP contribution >= 0.6 is 11.6 Å². The van der Waals surface area contributed by atoms with Gasteiger partial charge in [0.25, 0.3) is 5.91 Å². The Morgan fingerprint density at radius 2 is 1.89 bits per heavy atom. The summed E-state index contributed by atoms with van der Waals surface area (Å²) in [7, 11) is -3.68. The molecule has 1 saturated heterocycles. The molecule has 0 bridgehead atoms. The van der Waals surface area contributed by atoms with Gasteiger partial charge in [-0.05, 0) is 43.2 Å². The summed E-state index contributed by atoms with van der Waals surface area (Å²) in [5.74, 6) is -0.126. The van der Waals surface area contributed by atoms with E-state index in [-0.39, 0.29) is 33.7 Å². The van der Waals surface area contributed by atoms with Crippen molar-refractivity contribution in [2.75, 3.05) is 25.2 Å². The number of hydrogen-bond donors (Lipinski definition) is 2. The van der Waals surface area contributed by atoms with Gasteiger partial charge >= 0.3 is 0 Å². The summed E-state index contributed by atoms with van der Waals surface area (Å²) in [6.07, 6.45) is 1.62. The zero-order valence-electron chi connectivity index (χ0n) is 14.6. The number of hydrogen-bond acceptors (Lipinski definition) is 6. The summed E-state index contributed by atoms with van der Waals surface area (Å²) in [5, 5.41) is 12.8. The molecule has 0 aliphatic carbocycles. The maximum atomic E-state index is 12.7. The number of rotatable bonds is 4. The van der Waals surface area contributed by atoms with Gasteiger partial charge in [-0.25, -0.2) is 8.42 Å². The Morgan fingerprint density at radius 3 is 2.64 bits per heavy atom. The highest BCUT2D eigenvalue weighted by atomic mass is 35.5. The van der Waals surface area contributed by atoms with Crippen LogP contribution in [0, 0.1) is 0 Å². The fourth-order valence-corrected chi connectivity index (χ4v) is 4.96. The quantitative estimate of drug-likeness (QED) is 0.731. The monoisotopic (exact) mass is 424 g/mol. The minimum atomic E-state index is -3.68. The van der Waals surface area contributed by atoms with Crippen LogP contribution in [0.3, 0.4) is 0 Å². The summed E-state index contributed by atoms with van der Waals surface area (Å²) >= 11 is 6.09. The second-order valence-corrected chi connectivity index (χ2v) is 8.78. The Bertz CT molecular complexity index is 1050. The summed E-state index contributed by atoms with van der Waals surface area (Å²) in [6.45, 7) is 0.929. The number of amides is 1. The SMILES string of the molecule is O=C(Nc1cc(S(=O)(=O)N2CCCC2)ccc1O)c1cc(Cl)c2c(c1)OCO2. The molecule has 148 valence electrons. The predicted molar refractivity (Wildman–Crippen MR) is 102 cm³/mol. The Kier molecular flexibility index (Phi) is 4.82. The molecule has 0 spiro atoms. The number of carbonyl (C=O) groups is 1. The molecular formula is C18H17ClN2O6S. The zero-order valence-corrected chi connectivity index (χ0v) is 16.2. The van der Waals surface area contributed by atoms with Crippen LogP contribution in [0.4, 0.5) is 5.69 Å². The molecule has 2 N–H and O–H groups in total. The van der Waals surface area contributed by atoms with Gasteiger partial charge in [-0.1, -0.05) is 11.6 Å². The smallest absolute Gasteiger partial charge is 0.255 e. The predicted octanol–water partition coefficient (Wildman–Crippen LogP) is 2.81. The van der Waals surface area contributed by atoms with Crippen molar-refractivity contribution in [1.82, 2.24) is 4.31 Å². The van der Waals surface area contributed by atoms with Crippen molar-refractivity contribution < 1.29 is 27.8 Å². The molecule has 28 heavy (non-hydrogen) atoms. The number of aromatic hydroxyl groups is 1. The molecule has 0 atom stereocenters. The number of nitrogens with zero attached hydrogens (tertiary/aromatic N) is 1. The number of fused-ring (bicyclic) bond motifs is 1. The molecule has 2 aromatic rings. The van der Waals surface area contributed by atoms with Gasteiger partial charge in [0, 0.05) is 18.7 Å². The number of phenolic OH excluding ortho intramolecular Hbond substituents is 1. The van der Waals surface area contributed by atoms with E-state index in [1.54, 1.807) is 0 Å². The van der Waals surface area contributed by atoms with E-state index in [1.165, 1.54) is 34.6 Å². The molecule has 0 saturated carbocycles. The standard InChI is InChI=1S/C18H17ClN2O6S/c19-13-7-11(8-16-17(13)27-10-26-16)18(23)20-14-9-12(3-4-15(14)22)28(24,25)21-5-1-2-6-21/h3-4,7-9,22H,1-2,5-6,10H2,(H,20,23). The van der Waals surface area contributed by atoms with Gasteiger partial charge in [-0.15, -0.1) is 0 Å². The third-order valence-electron chi connectivity index (χ3n) is 4.61. The number of nitrogens with one attached hydrogen (secondary N) is 1. The largest absolute Gasteiger partial charge is 0.506 e. The van der Waals surface area contributed by atoms with Crippen molar-refractivity contribution in [3.8, 4) is 17.2 Å². The number of carbonyl (C=O) groups excluding carboxylic acids is 1. The summed E-state index contributed by atoms with van der Waals surface area (Å²) in [5.41, 5.74) is 0.167. The van der Waals surface area contributed by atoms with E-state index >= 15 is 0 Å². The molecule has 4 rings (SSSR count). The minimum Gasteiger partial charge on any atom is -0.506 e. The lowest BCUT2D eigenvalue weighted by Gasteiger charge is -2.17. The first-order valence-electron chi connectivity index (χ1n) is 8.60. The molecule has 2 heterocycles. The first-order valence-corrected chi connectivity index (χ1v) is 10.4. The summed E-state index contributed by atoms with van der Waals surface area (Å²) in [6, 6.07) is 6.68. The maximum absolute atomic E-state index is 12.7. The molecule has 0 unspecified atom stereocenters. The van der Waals surface area contributed by atoms with Crippen molar-refractivity contribution >= 4 is 33.2 Å². The van der Waals surface area contributed by atoms with Crippen LogP contribution in [0.5, 0.6) is 17.2 Å². The third kappa shape index (κ3) is 3.36. The van der Waals surface area contributed by atoms with Gasteiger partial charge in [-0.3, -0.25) is 4.79 Å². The van der Waals surface area contributed by atoms with E-state index in [2.05, 4.69) is 5.32 Å². The van der Waals surface area contributed by atoms with Crippen LogP contribution < -0.4 is 14.8 Å². The van der Waals surface area contributed by atoms with E-state index < -0.39 is 15.9 Å². The van der Waals surface area contributed by atoms with Gasteiger partial charge in [0.1, 0.15) is 5.75 Å². The van der Waals surface area contributed by atoms with Gasteiger partial charge in [0.2, 0.25) is 16.8 Å². The summed E-state index contributed by atoms with van der Waals surface area (Å²) < 4.78 is 37.3. The average molecular weight is 425 g/mol. The van der Waals surface area contributed by atoms with Crippen LogP contribution in [0.25, 0.3) is 0 Å². The van der Waals surface area contributed by atoms with E-state index in [1.807, 2.05) is 0 Å². The maximum Gasteiger partial charge on any atom is 0.255 e. The van der Waals surface area contributed by atoms with E-state index in [0.29, 0.717) is 24.6 Å². The van der Waals surface area contributed by atoms with Gasteiger partial charge in [0.05, 0.1) is 15.6 Å². The van der Waals surface area contributed by atoms with Gasteiger partial charge in [-0.2, -0.15) is 4.31 Å². The fourth-order valence-electron chi connectivity index (χ4n) is 3.15. The third-order valence-corrected chi connectivity index (χ3v) is 6.78. The average Bonchev–Trinajstić information content (AvgIpc) is 3.35. The number of sulfonamides is 1. The lowest BCUT2D eigenvalue weighted by Crippen LogP contribution is -2.28. The number of anilines is 1. The normalized spacial score (nSPS) is 16.3. The topological polar surface area (TPSA) is 105 Å². The highest BCUT2D eigenvalue weighted by molar-refractivity contribution is 7.89.